The van der Waals surface area contributed by atoms with Gasteiger partial charge in [0.25, 0.3) is 15.9 Å². The Hall–Kier alpha value is -3.29. The number of nitrogens with zero attached hydrogens (tertiary/aromatic N) is 1. The second-order valence-electron chi connectivity index (χ2n) is 8.20. The molecular formula is C27H27ClN2O4S. The number of sulfonamides is 1. The van der Waals surface area contributed by atoms with Crippen LogP contribution in [-0.2, 0) is 21.2 Å². The quantitative estimate of drug-likeness (QED) is 0.431. The predicted molar refractivity (Wildman–Crippen MR) is 140 cm³/mol. The van der Waals surface area contributed by atoms with Crippen LogP contribution in [0.25, 0.3) is 5.57 Å². The Morgan fingerprint density at radius 3 is 2.43 bits per heavy atom. The Balaban J connectivity index is 1.61. The van der Waals surface area contributed by atoms with Gasteiger partial charge < -0.3 is 10.1 Å². The summed E-state index contributed by atoms with van der Waals surface area (Å²) in [7, 11) is -2.67. The largest absolute Gasteiger partial charge is 0.492 e. The van der Waals surface area contributed by atoms with Crippen molar-refractivity contribution in [2.45, 2.75) is 19.8 Å². The number of amides is 1. The molecule has 4 rings (SSSR count). The van der Waals surface area contributed by atoms with Crippen molar-refractivity contribution in [1.29, 1.82) is 0 Å². The van der Waals surface area contributed by atoms with Crippen LogP contribution in [0.4, 0.5) is 5.69 Å². The van der Waals surface area contributed by atoms with Gasteiger partial charge in [-0.15, -0.1) is 0 Å². The van der Waals surface area contributed by atoms with E-state index in [1.807, 2.05) is 30.3 Å². The molecule has 3 aromatic carbocycles. The van der Waals surface area contributed by atoms with Gasteiger partial charge in [0.2, 0.25) is 0 Å². The number of nitrogens with one attached hydrogen (secondary N) is 1. The van der Waals surface area contributed by atoms with Gasteiger partial charge in [0.15, 0.2) is 4.91 Å². The molecule has 8 heteroatoms. The molecule has 0 aromatic heterocycles. The fourth-order valence-corrected chi connectivity index (χ4v) is 5.73. The zero-order valence-corrected chi connectivity index (χ0v) is 21.2. The van der Waals surface area contributed by atoms with Crippen LogP contribution >= 0.6 is 11.6 Å². The lowest BCUT2D eigenvalue weighted by atomic mass is 9.95. The Bertz CT molecular complexity index is 1350. The molecule has 0 fully saturated rings. The first-order chi connectivity index (χ1) is 16.8. The van der Waals surface area contributed by atoms with Crippen molar-refractivity contribution < 1.29 is 17.9 Å². The fourth-order valence-electron chi connectivity index (χ4n) is 4.08. The minimum atomic E-state index is -4.11. The maximum atomic E-state index is 13.5. The summed E-state index contributed by atoms with van der Waals surface area (Å²) in [4.78, 5) is 13.0. The minimum Gasteiger partial charge on any atom is -0.492 e. The van der Waals surface area contributed by atoms with E-state index in [-0.39, 0.29) is 18.1 Å². The van der Waals surface area contributed by atoms with Crippen molar-refractivity contribution in [2.24, 2.45) is 0 Å². The zero-order chi connectivity index (χ0) is 25.0. The molecule has 1 aliphatic heterocycles. The monoisotopic (exact) mass is 510 g/mol. The lowest BCUT2D eigenvalue weighted by molar-refractivity contribution is -0.116. The Morgan fingerprint density at radius 2 is 1.74 bits per heavy atom. The lowest BCUT2D eigenvalue weighted by Crippen LogP contribution is -2.40. The summed E-state index contributed by atoms with van der Waals surface area (Å²) in [6, 6.07) is 21.8. The molecule has 0 saturated heterocycles. The number of benzene rings is 3. The Kier molecular flexibility index (Phi) is 7.48. The fraction of sp³-hybridized carbons (Fsp3) is 0.222. The van der Waals surface area contributed by atoms with Crippen molar-refractivity contribution in [1.82, 2.24) is 5.32 Å². The lowest BCUT2D eigenvalue weighted by Gasteiger charge is -2.31. The number of halogens is 1. The molecule has 1 N–H and O–H groups in total. The van der Waals surface area contributed by atoms with Crippen molar-refractivity contribution in [3.63, 3.8) is 0 Å². The molecule has 182 valence electrons. The highest BCUT2D eigenvalue weighted by atomic mass is 35.5. The molecular weight excluding hydrogens is 484 g/mol. The molecule has 35 heavy (non-hydrogen) atoms. The summed E-state index contributed by atoms with van der Waals surface area (Å²) in [5.74, 6) is 0.0000972. The van der Waals surface area contributed by atoms with E-state index in [1.165, 1.54) is 12.6 Å². The molecule has 6 nitrogen and oxygen atoms in total. The second-order valence-corrected chi connectivity index (χ2v) is 10.5. The first kappa shape index (κ1) is 24.8. The van der Waals surface area contributed by atoms with Gasteiger partial charge in [-0.2, -0.15) is 0 Å². The number of fused-ring (bicyclic) bond motifs is 1. The third-order valence-electron chi connectivity index (χ3n) is 5.80. The van der Waals surface area contributed by atoms with Crippen LogP contribution < -0.4 is 14.4 Å². The summed E-state index contributed by atoms with van der Waals surface area (Å²) >= 11 is 6.26. The first-order valence-corrected chi connectivity index (χ1v) is 13.2. The van der Waals surface area contributed by atoms with Gasteiger partial charge in [-0.25, -0.2) is 8.42 Å². The SMILES string of the molecule is CCCc1ccc(OCCNC(=O)C2=C(c3ccccc3)c3cc(Cl)ccc3N(C)S2(=O)=O)cc1. The van der Waals surface area contributed by atoms with Crippen molar-refractivity contribution in [3.05, 3.63) is 99.4 Å². The molecule has 1 amide bonds. The van der Waals surface area contributed by atoms with E-state index in [9.17, 15) is 13.2 Å². The van der Waals surface area contributed by atoms with Crippen LogP contribution in [-0.4, -0.2) is 34.5 Å². The number of hydrogen-bond donors (Lipinski definition) is 1. The topological polar surface area (TPSA) is 75.7 Å². The number of carbonyl (C=O) groups excluding carboxylic acids is 1. The molecule has 0 radical (unpaired) electrons. The molecule has 1 aliphatic rings. The summed E-state index contributed by atoms with van der Waals surface area (Å²) in [5.41, 5.74) is 3.21. The summed E-state index contributed by atoms with van der Waals surface area (Å²) in [6.45, 7) is 2.47. The predicted octanol–water partition coefficient (Wildman–Crippen LogP) is 5.03. The maximum Gasteiger partial charge on any atom is 0.270 e. The van der Waals surface area contributed by atoms with Crippen molar-refractivity contribution in [3.8, 4) is 5.75 Å². The van der Waals surface area contributed by atoms with Gasteiger partial charge in [-0.3, -0.25) is 9.10 Å². The van der Waals surface area contributed by atoms with Crippen LogP contribution in [0.1, 0.15) is 30.0 Å². The zero-order valence-electron chi connectivity index (χ0n) is 19.6. The van der Waals surface area contributed by atoms with E-state index in [4.69, 9.17) is 16.3 Å². The van der Waals surface area contributed by atoms with E-state index < -0.39 is 15.9 Å². The third kappa shape index (κ3) is 5.21. The number of ether oxygens (including phenoxy) is 1. The Labute approximate surface area is 211 Å². The molecule has 0 atom stereocenters. The molecule has 3 aromatic rings. The standard InChI is InChI=1S/C27H27ClN2O4S/c1-3-7-19-10-13-22(14-11-19)34-17-16-29-27(31)26-25(20-8-5-4-6-9-20)23-18-21(28)12-15-24(23)30(2)35(26,32)33/h4-6,8-15,18H,3,7,16-17H2,1-2H3,(H,29,31). The number of rotatable bonds is 8. The van der Waals surface area contributed by atoms with Crippen LogP contribution in [0.15, 0.2) is 77.7 Å². The average Bonchev–Trinajstić information content (AvgIpc) is 2.85. The third-order valence-corrected chi connectivity index (χ3v) is 7.86. The Morgan fingerprint density at radius 1 is 1.03 bits per heavy atom. The highest BCUT2D eigenvalue weighted by Gasteiger charge is 2.39. The second kappa shape index (κ2) is 10.5. The van der Waals surface area contributed by atoms with E-state index in [2.05, 4.69) is 12.2 Å². The van der Waals surface area contributed by atoms with Crippen molar-refractivity contribution >= 4 is 38.8 Å². The van der Waals surface area contributed by atoms with Gasteiger partial charge in [-0.1, -0.05) is 67.4 Å². The van der Waals surface area contributed by atoms with E-state index in [0.717, 1.165) is 17.1 Å². The van der Waals surface area contributed by atoms with Gasteiger partial charge in [0.05, 0.1) is 12.2 Å². The van der Waals surface area contributed by atoms with Gasteiger partial charge in [0, 0.05) is 23.2 Å². The average molecular weight is 511 g/mol. The molecule has 1 heterocycles. The molecule has 0 bridgehead atoms. The van der Waals surface area contributed by atoms with E-state index >= 15 is 0 Å². The molecule has 0 aliphatic carbocycles. The van der Waals surface area contributed by atoms with Gasteiger partial charge in [-0.05, 0) is 47.9 Å². The molecule has 0 spiro atoms. The summed E-state index contributed by atoms with van der Waals surface area (Å²) < 4.78 is 33.8. The van der Waals surface area contributed by atoms with Gasteiger partial charge >= 0.3 is 0 Å². The smallest absolute Gasteiger partial charge is 0.270 e. The molecule has 0 unspecified atom stereocenters. The number of hydrogen-bond acceptors (Lipinski definition) is 4. The van der Waals surface area contributed by atoms with Crippen LogP contribution in [0.5, 0.6) is 5.75 Å². The highest BCUT2D eigenvalue weighted by molar-refractivity contribution is 7.97. The summed E-state index contributed by atoms with van der Waals surface area (Å²) in [5, 5.41) is 3.16. The van der Waals surface area contributed by atoms with Gasteiger partial charge in [0.1, 0.15) is 12.4 Å². The number of carbonyl (C=O) groups is 1. The van der Waals surface area contributed by atoms with E-state index in [0.29, 0.717) is 33.2 Å². The number of aryl methyl sites for hydroxylation is 1. The van der Waals surface area contributed by atoms with Crippen molar-refractivity contribution in [2.75, 3.05) is 24.5 Å². The minimum absolute atomic E-state index is 0.142. The first-order valence-electron chi connectivity index (χ1n) is 11.4. The van der Waals surface area contributed by atoms with E-state index in [1.54, 1.807) is 42.5 Å². The normalized spacial score (nSPS) is 14.4. The molecule has 0 saturated carbocycles. The summed E-state index contributed by atoms with van der Waals surface area (Å²) in [6.07, 6.45) is 2.08. The highest BCUT2D eigenvalue weighted by Crippen LogP contribution is 2.43. The van der Waals surface area contributed by atoms with Crippen LogP contribution in [0.2, 0.25) is 5.02 Å². The maximum absolute atomic E-state index is 13.5. The van der Waals surface area contributed by atoms with Crippen LogP contribution in [0.3, 0.4) is 0 Å². The van der Waals surface area contributed by atoms with Crippen LogP contribution in [0, 0.1) is 0 Å². The number of anilines is 1.